The van der Waals surface area contributed by atoms with Crippen molar-refractivity contribution >= 4 is 11.6 Å². The van der Waals surface area contributed by atoms with Gasteiger partial charge in [-0.25, -0.2) is 18.3 Å². The van der Waals surface area contributed by atoms with Crippen LogP contribution in [0.3, 0.4) is 0 Å². The molecule has 1 aromatic carbocycles. The van der Waals surface area contributed by atoms with Gasteiger partial charge < -0.3 is 10.1 Å². The zero-order valence-corrected chi connectivity index (χ0v) is 16.2. The van der Waals surface area contributed by atoms with Gasteiger partial charge in [0.25, 0.3) is 12.3 Å². The third kappa shape index (κ3) is 3.76. The van der Waals surface area contributed by atoms with E-state index in [2.05, 4.69) is 21.3 Å². The number of nitrogens with zero attached hydrogens (tertiary/aromatic N) is 3. The number of aromatic nitrogens is 3. The number of carbonyl (C=O) groups is 1. The van der Waals surface area contributed by atoms with Crippen LogP contribution in [0.25, 0.3) is 16.9 Å². The van der Waals surface area contributed by atoms with Crippen LogP contribution in [-0.2, 0) is 0 Å². The van der Waals surface area contributed by atoms with Gasteiger partial charge in [0.2, 0.25) is 0 Å². The van der Waals surface area contributed by atoms with Gasteiger partial charge in [-0.1, -0.05) is 25.0 Å². The van der Waals surface area contributed by atoms with Crippen molar-refractivity contribution in [1.82, 2.24) is 19.9 Å². The fourth-order valence-corrected chi connectivity index (χ4v) is 2.84. The van der Waals surface area contributed by atoms with Crippen LogP contribution in [0, 0.1) is 12.3 Å². The number of rotatable bonds is 6. The summed E-state index contributed by atoms with van der Waals surface area (Å²) in [5.41, 5.74) is -0.429. The maximum absolute atomic E-state index is 13.7. The molecular weight excluding hydrogens is 378 g/mol. The zero-order valence-electron chi connectivity index (χ0n) is 16.2. The Morgan fingerprint density at radius 3 is 2.76 bits per heavy atom. The number of terminal acetylenes is 1. The molecule has 3 aromatic rings. The molecule has 3 rings (SSSR count). The summed E-state index contributed by atoms with van der Waals surface area (Å²) in [6, 6.07) is 8.15. The predicted octanol–water partition coefficient (Wildman–Crippen LogP) is 3.87. The Bertz CT molecular complexity index is 1100. The van der Waals surface area contributed by atoms with Crippen LogP contribution in [0.15, 0.2) is 36.5 Å². The Balaban J connectivity index is 2.19. The third-order valence-corrected chi connectivity index (χ3v) is 4.77. The Labute approximate surface area is 166 Å². The van der Waals surface area contributed by atoms with Gasteiger partial charge in [0.05, 0.1) is 24.5 Å². The first-order chi connectivity index (χ1) is 13.8. The summed E-state index contributed by atoms with van der Waals surface area (Å²) >= 11 is 0. The van der Waals surface area contributed by atoms with Crippen LogP contribution < -0.4 is 10.1 Å². The number of benzene rings is 1. The first-order valence-corrected chi connectivity index (χ1v) is 8.94. The number of hydrogen-bond acceptors (Lipinski definition) is 4. The van der Waals surface area contributed by atoms with Crippen LogP contribution in [0.2, 0.25) is 0 Å². The molecule has 1 atom stereocenters. The van der Waals surface area contributed by atoms with E-state index in [4.69, 9.17) is 11.2 Å². The van der Waals surface area contributed by atoms with E-state index < -0.39 is 17.9 Å². The van der Waals surface area contributed by atoms with E-state index in [1.807, 2.05) is 6.92 Å². The lowest BCUT2D eigenvalue weighted by Gasteiger charge is -2.22. The van der Waals surface area contributed by atoms with Gasteiger partial charge in [0, 0.05) is 5.56 Å². The molecule has 0 bridgehead atoms. The van der Waals surface area contributed by atoms with Gasteiger partial charge >= 0.3 is 0 Å². The van der Waals surface area contributed by atoms with E-state index in [1.165, 1.54) is 19.4 Å². The molecule has 0 aliphatic heterocycles. The fraction of sp³-hybridized carbons (Fsp3) is 0.286. The van der Waals surface area contributed by atoms with Gasteiger partial charge in [0.1, 0.15) is 17.0 Å². The minimum atomic E-state index is -2.82. The van der Waals surface area contributed by atoms with Crippen molar-refractivity contribution in [2.45, 2.75) is 32.2 Å². The molecule has 0 aliphatic rings. The van der Waals surface area contributed by atoms with Gasteiger partial charge in [-0.05, 0) is 31.5 Å². The molecule has 2 heterocycles. The summed E-state index contributed by atoms with van der Waals surface area (Å²) in [5.74, 6) is 2.47. The monoisotopic (exact) mass is 398 g/mol. The number of methoxy groups -OCH3 is 1. The first kappa shape index (κ1) is 20.3. The molecule has 1 amide bonds. The van der Waals surface area contributed by atoms with Crippen molar-refractivity contribution < 1.29 is 18.3 Å². The molecule has 8 heteroatoms. The average Bonchev–Trinajstić information content (AvgIpc) is 3.16. The van der Waals surface area contributed by atoms with Gasteiger partial charge in [-0.2, -0.15) is 5.10 Å². The van der Waals surface area contributed by atoms with E-state index in [9.17, 15) is 13.6 Å². The Morgan fingerprint density at radius 2 is 2.14 bits per heavy atom. The van der Waals surface area contributed by atoms with Crippen LogP contribution >= 0.6 is 0 Å². The van der Waals surface area contributed by atoms with Crippen molar-refractivity contribution in [2.24, 2.45) is 0 Å². The smallest absolute Gasteiger partial charge is 0.280 e. The molecule has 0 saturated carbocycles. The Hall–Kier alpha value is -3.47. The number of fused-ring (bicyclic) bond motifs is 1. The third-order valence-electron chi connectivity index (χ3n) is 4.77. The minimum Gasteiger partial charge on any atom is -0.496 e. The highest BCUT2D eigenvalue weighted by molar-refractivity contribution is 6.00. The number of hydrogen-bond donors (Lipinski definition) is 1. The number of para-hydroxylation sites is 1. The largest absolute Gasteiger partial charge is 0.496 e. The summed E-state index contributed by atoms with van der Waals surface area (Å²) in [6.45, 7) is 3.54. The predicted molar refractivity (Wildman–Crippen MR) is 105 cm³/mol. The number of nitrogens with one attached hydrogen (secondary N) is 1. The average molecular weight is 398 g/mol. The lowest BCUT2D eigenvalue weighted by atomic mass is 10.00. The molecule has 1 N–H and O–H groups in total. The van der Waals surface area contributed by atoms with Crippen LogP contribution in [0.5, 0.6) is 5.75 Å². The number of ether oxygens (including phenoxy) is 1. The second-order valence-electron chi connectivity index (χ2n) is 6.65. The number of amides is 1. The summed E-state index contributed by atoms with van der Waals surface area (Å²) in [7, 11) is 1.48. The van der Waals surface area contributed by atoms with Gasteiger partial charge in [-0.15, -0.1) is 6.42 Å². The summed E-state index contributed by atoms with van der Waals surface area (Å²) in [5, 5.41) is 6.69. The molecule has 150 valence electrons. The van der Waals surface area contributed by atoms with E-state index in [0.717, 1.165) is 4.52 Å². The van der Waals surface area contributed by atoms with E-state index in [-0.39, 0.29) is 22.6 Å². The normalized spacial score (nSPS) is 13.1. The van der Waals surface area contributed by atoms with E-state index >= 15 is 0 Å². The lowest BCUT2D eigenvalue weighted by Crippen LogP contribution is -2.44. The van der Waals surface area contributed by atoms with Crippen molar-refractivity contribution in [1.29, 1.82) is 0 Å². The van der Waals surface area contributed by atoms with Gasteiger partial charge in [0.15, 0.2) is 5.65 Å². The minimum absolute atomic E-state index is 0.0108. The van der Waals surface area contributed by atoms with E-state index in [1.54, 1.807) is 31.2 Å². The molecule has 0 fully saturated rings. The van der Waals surface area contributed by atoms with Crippen molar-refractivity contribution in [3.05, 3.63) is 47.8 Å². The van der Waals surface area contributed by atoms with Crippen molar-refractivity contribution in [2.75, 3.05) is 7.11 Å². The highest BCUT2D eigenvalue weighted by atomic mass is 19.3. The quantitative estimate of drug-likeness (QED) is 0.640. The zero-order chi connectivity index (χ0) is 21.2. The molecule has 0 radical (unpaired) electrons. The van der Waals surface area contributed by atoms with Crippen LogP contribution in [0.1, 0.15) is 42.7 Å². The second-order valence-corrected chi connectivity index (χ2v) is 6.65. The SMILES string of the molecule is C#CC(C)(CC)NC(=O)c1cnn2c(C(F)F)cc(-c3ccccc3OC)nc12. The summed E-state index contributed by atoms with van der Waals surface area (Å²) in [6.07, 6.45) is 4.40. The number of carbonyl (C=O) groups excluding carboxylic acids is 1. The molecule has 0 aliphatic carbocycles. The number of halogens is 2. The second kappa shape index (κ2) is 7.87. The standard InChI is InChI=1S/C21H20F2N4O2/c1-5-21(3,6-2)26-20(28)14-12-24-27-16(18(22)23)11-15(25-19(14)27)13-9-7-8-10-17(13)29-4/h1,7-12,18H,6H2,2-4H3,(H,26,28). The first-order valence-electron chi connectivity index (χ1n) is 8.94. The molecule has 2 aromatic heterocycles. The molecule has 0 spiro atoms. The van der Waals surface area contributed by atoms with Crippen LogP contribution in [-0.4, -0.2) is 33.2 Å². The maximum atomic E-state index is 13.7. The number of alkyl halides is 2. The molecule has 0 saturated heterocycles. The maximum Gasteiger partial charge on any atom is 0.280 e. The lowest BCUT2D eigenvalue weighted by molar-refractivity contribution is 0.0925. The summed E-state index contributed by atoms with van der Waals surface area (Å²) in [4.78, 5) is 17.2. The molecule has 1 unspecified atom stereocenters. The van der Waals surface area contributed by atoms with Crippen molar-refractivity contribution in [3.63, 3.8) is 0 Å². The highest BCUT2D eigenvalue weighted by Crippen LogP contribution is 2.32. The molecule has 6 nitrogen and oxygen atoms in total. The Kier molecular flexibility index (Phi) is 5.50. The highest BCUT2D eigenvalue weighted by Gasteiger charge is 2.26. The van der Waals surface area contributed by atoms with Crippen LogP contribution in [0.4, 0.5) is 8.78 Å². The summed E-state index contributed by atoms with van der Waals surface area (Å²) < 4.78 is 33.7. The van der Waals surface area contributed by atoms with Gasteiger partial charge in [-0.3, -0.25) is 4.79 Å². The topological polar surface area (TPSA) is 68.5 Å². The molecule has 29 heavy (non-hydrogen) atoms. The van der Waals surface area contributed by atoms with E-state index in [0.29, 0.717) is 17.7 Å². The van der Waals surface area contributed by atoms with Crippen molar-refractivity contribution in [3.8, 4) is 29.4 Å². The fourth-order valence-electron chi connectivity index (χ4n) is 2.84. The molecular formula is C21H20F2N4O2. The Morgan fingerprint density at radius 1 is 1.41 bits per heavy atom.